The van der Waals surface area contributed by atoms with Crippen LogP contribution in [0.15, 0.2) is 30.5 Å². The first-order valence-corrected chi connectivity index (χ1v) is 11.9. The number of ether oxygens (including phenoxy) is 2. The van der Waals surface area contributed by atoms with Crippen molar-refractivity contribution in [1.82, 2.24) is 14.9 Å². The third-order valence-electron chi connectivity index (χ3n) is 6.07. The number of nitrogens with one attached hydrogen (secondary N) is 1. The van der Waals surface area contributed by atoms with Gasteiger partial charge in [0.25, 0.3) is 5.91 Å². The highest BCUT2D eigenvalue weighted by molar-refractivity contribution is 7.23. The number of nitrogens with zero attached hydrogens (tertiary/aromatic N) is 5. The van der Waals surface area contributed by atoms with Crippen LogP contribution >= 0.6 is 11.3 Å². The van der Waals surface area contributed by atoms with E-state index in [4.69, 9.17) is 9.47 Å². The summed E-state index contributed by atoms with van der Waals surface area (Å²) in [6.07, 6.45) is 1.59. The fourth-order valence-electron chi connectivity index (χ4n) is 4.10. The van der Waals surface area contributed by atoms with Gasteiger partial charge in [0.2, 0.25) is 5.91 Å². The molecule has 0 aliphatic carbocycles. The number of aromatic nitrogens is 2. The average Bonchev–Trinajstić information content (AvgIpc) is 3.29. The number of thiazole rings is 1. The lowest BCUT2D eigenvalue weighted by Crippen LogP contribution is -2.48. The van der Waals surface area contributed by atoms with Crippen LogP contribution in [-0.2, 0) is 9.53 Å². The van der Waals surface area contributed by atoms with Gasteiger partial charge in [-0.2, -0.15) is 0 Å². The highest BCUT2D eigenvalue weighted by Crippen LogP contribution is 2.39. The molecule has 2 aromatic heterocycles. The van der Waals surface area contributed by atoms with Gasteiger partial charge < -0.3 is 24.2 Å². The van der Waals surface area contributed by atoms with Gasteiger partial charge in [-0.25, -0.2) is 9.97 Å². The number of fused-ring (bicyclic) bond motifs is 1. The number of amides is 2. The van der Waals surface area contributed by atoms with E-state index in [0.29, 0.717) is 48.6 Å². The van der Waals surface area contributed by atoms with Gasteiger partial charge in [0.15, 0.2) is 5.13 Å². The Labute approximate surface area is 201 Å². The molecule has 0 unspecified atom stereocenters. The highest BCUT2D eigenvalue weighted by atomic mass is 32.1. The van der Waals surface area contributed by atoms with Gasteiger partial charge >= 0.3 is 0 Å². The van der Waals surface area contributed by atoms with Crippen molar-refractivity contribution in [3.63, 3.8) is 0 Å². The molecule has 178 valence electrons. The van der Waals surface area contributed by atoms with E-state index in [-0.39, 0.29) is 18.4 Å². The number of anilines is 3. The molecule has 2 fully saturated rings. The molecule has 0 bridgehead atoms. The third-order valence-corrected chi connectivity index (χ3v) is 7.06. The monoisotopic (exact) mass is 482 g/mol. The molecule has 5 rings (SSSR count). The highest BCUT2D eigenvalue weighted by Gasteiger charge is 2.23. The van der Waals surface area contributed by atoms with E-state index in [1.807, 2.05) is 17.0 Å². The maximum Gasteiger partial charge on any atom is 0.257 e. The second-order valence-electron chi connectivity index (χ2n) is 8.18. The van der Waals surface area contributed by atoms with E-state index in [1.54, 1.807) is 37.4 Å². The van der Waals surface area contributed by atoms with E-state index in [9.17, 15) is 9.59 Å². The molecule has 1 N–H and O–H groups in total. The molecular formula is C23H26N6O4S. The number of methoxy groups -OCH3 is 1. The molecule has 2 amide bonds. The van der Waals surface area contributed by atoms with Crippen molar-refractivity contribution < 1.29 is 19.1 Å². The molecule has 11 heteroatoms. The first kappa shape index (κ1) is 22.4. The fraction of sp³-hybridized carbons (Fsp3) is 0.391. The molecule has 2 saturated heterocycles. The zero-order chi connectivity index (χ0) is 23.7. The van der Waals surface area contributed by atoms with Crippen LogP contribution in [0.4, 0.5) is 16.6 Å². The Balaban J connectivity index is 1.39. The molecule has 10 nitrogen and oxygen atoms in total. The molecule has 0 spiro atoms. The Kier molecular flexibility index (Phi) is 6.20. The van der Waals surface area contributed by atoms with Crippen LogP contribution in [0.5, 0.6) is 5.75 Å². The number of morpholine rings is 1. The van der Waals surface area contributed by atoms with Crippen molar-refractivity contribution in [1.29, 1.82) is 0 Å². The Bertz CT molecular complexity index is 1230. The fourth-order valence-corrected chi connectivity index (χ4v) is 5.12. The van der Waals surface area contributed by atoms with E-state index in [1.165, 1.54) is 11.3 Å². The van der Waals surface area contributed by atoms with Crippen LogP contribution in [0.25, 0.3) is 10.2 Å². The molecule has 4 heterocycles. The predicted molar refractivity (Wildman–Crippen MR) is 131 cm³/mol. The van der Waals surface area contributed by atoms with E-state index in [0.717, 1.165) is 29.0 Å². The third kappa shape index (κ3) is 4.36. The Morgan fingerprint density at radius 1 is 1.15 bits per heavy atom. The van der Waals surface area contributed by atoms with Crippen LogP contribution in [0.1, 0.15) is 10.4 Å². The van der Waals surface area contributed by atoms with Gasteiger partial charge in [-0.3, -0.25) is 14.9 Å². The molecule has 2 aliphatic heterocycles. The summed E-state index contributed by atoms with van der Waals surface area (Å²) in [5.74, 6) is 1.02. The van der Waals surface area contributed by atoms with E-state index < -0.39 is 0 Å². The smallest absolute Gasteiger partial charge is 0.257 e. The molecule has 0 atom stereocenters. The maximum absolute atomic E-state index is 13.1. The van der Waals surface area contributed by atoms with Gasteiger partial charge in [-0.15, -0.1) is 0 Å². The first-order chi connectivity index (χ1) is 16.5. The number of hydrogen-bond acceptors (Lipinski definition) is 9. The van der Waals surface area contributed by atoms with Crippen molar-refractivity contribution in [3.05, 3.63) is 36.0 Å². The predicted octanol–water partition coefficient (Wildman–Crippen LogP) is 2.07. The minimum Gasteiger partial charge on any atom is -0.494 e. The normalized spacial score (nSPS) is 16.8. The zero-order valence-electron chi connectivity index (χ0n) is 19.1. The maximum atomic E-state index is 13.1. The lowest BCUT2D eigenvalue weighted by atomic mass is 10.2. The quantitative estimate of drug-likeness (QED) is 0.590. The largest absolute Gasteiger partial charge is 0.494 e. The summed E-state index contributed by atoms with van der Waals surface area (Å²) in [4.78, 5) is 40.0. The van der Waals surface area contributed by atoms with Gasteiger partial charge in [0.05, 0.1) is 37.3 Å². The van der Waals surface area contributed by atoms with E-state index in [2.05, 4.69) is 20.2 Å². The summed E-state index contributed by atoms with van der Waals surface area (Å²) in [7, 11) is 3.40. The summed E-state index contributed by atoms with van der Waals surface area (Å²) in [6.45, 7) is 4.50. The van der Waals surface area contributed by atoms with Gasteiger partial charge in [-0.1, -0.05) is 11.3 Å². The second-order valence-corrected chi connectivity index (χ2v) is 9.18. The van der Waals surface area contributed by atoms with Crippen LogP contribution in [0.2, 0.25) is 0 Å². The number of hydrogen-bond donors (Lipinski definition) is 1. The van der Waals surface area contributed by atoms with Gasteiger partial charge in [0.1, 0.15) is 17.1 Å². The summed E-state index contributed by atoms with van der Waals surface area (Å²) in [5.41, 5.74) is 2.23. The minimum absolute atomic E-state index is 0.0300. The molecule has 3 aromatic rings. The molecule has 0 radical (unpaired) electrons. The summed E-state index contributed by atoms with van der Waals surface area (Å²) >= 11 is 1.42. The summed E-state index contributed by atoms with van der Waals surface area (Å²) < 4.78 is 12.0. The molecular weight excluding hydrogens is 456 g/mol. The SMILES string of the molecule is COc1ccc(N2CCOCC2)c2sc(NC(=O)c3ccnc(N4CCN(C)C(=O)C4)c3)nc12. The zero-order valence-corrected chi connectivity index (χ0v) is 19.9. The van der Waals surface area contributed by atoms with E-state index >= 15 is 0 Å². The number of rotatable bonds is 5. The Morgan fingerprint density at radius 3 is 2.74 bits per heavy atom. The van der Waals surface area contributed by atoms with Crippen LogP contribution in [0.3, 0.4) is 0 Å². The van der Waals surface area contributed by atoms with Crippen molar-refractivity contribution in [2.24, 2.45) is 0 Å². The van der Waals surface area contributed by atoms with Crippen molar-refractivity contribution in [2.45, 2.75) is 0 Å². The number of likely N-dealkylation sites (N-methyl/N-ethyl adjacent to an activating group) is 1. The van der Waals surface area contributed by atoms with Crippen LogP contribution < -0.4 is 19.9 Å². The van der Waals surface area contributed by atoms with Gasteiger partial charge in [-0.05, 0) is 24.3 Å². The number of carbonyl (C=O) groups excluding carboxylic acids is 2. The summed E-state index contributed by atoms with van der Waals surface area (Å²) in [6, 6.07) is 7.30. The van der Waals surface area contributed by atoms with Crippen LogP contribution in [0, 0.1) is 0 Å². The number of benzene rings is 1. The summed E-state index contributed by atoms with van der Waals surface area (Å²) in [5, 5.41) is 3.42. The second kappa shape index (κ2) is 9.43. The lowest BCUT2D eigenvalue weighted by Gasteiger charge is -2.32. The Hall–Kier alpha value is -3.44. The average molecular weight is 483 g/mol. The van der Waals surface area contributed by atoms with Crippen LogP contribution in [-0.4, -0.2) is 86.8 Å². The minimum atomic E-state index is -0.282. The molecule has 0 saturated carbocycles. The van der Waals surface area contributed by atoms with Crippen molar-refractivity contribution in [2.75, 3.05) is 75.2 Å². The molecule has 2 aliphatic rings. The Morgan fingerprint density at radius 2 is 1.97 bits per heavy atom. The molecule has 1 aromatic carbocycles. The first-order valence-electron chi connectivity index (χ1n) is 11.1. The topological polar surface area (TPSA) is 100 Å². The number of pyridine rings is 1. The molecule has 34 heavy (non-hydrogen) atoms. The number of piperazine rings is 1. The van der Waals surface area contributed by atoms with Gasteiger partial charge in [0, 0.05) is 45.0 Å². The number of carbonyl (C=O) groups is 2. The van der Waals surface area contributed by atoms with Crippen molar-refractivity contribution >= 4 is 50.0 Å². The standard InChI is InChI=1S/C23H26N6O4S/c1-27-7-8-29(14-19(27)30)18-13-15(5-6-24-18)22(31)26-23-25-20-17(32-2)4-3-16(21(20)34-23)28-9-11-33-12-10-28/h3-6,13H,7-12,14H2,1-2H3,(H,25,26,31). The lowest BCUT2D eigenvalue weighted by molar-refractivity contribution is -0.129. The van der Waals surface area contributed by atoms with Crippen molar-refractivity contribution in [3.8, 4) is 5.75 Å².